The normalized spacial score (nSPS) is 17.7. The van der Waals surface area contributed by atoms with E-state index in [1.807, 2.05) is 6.08 Å². The van der Waals surface area contributed by atoms with Gasteiger partial charge in [0.2, 0.25) is 0 Å². The van der Waals surface area contributed by atoms with Crippen molar-refractivity contribution in [3.63, 3.8) is 0 Å². The highest BCUT2D eigenvalue weighted by molar-refractivity contribution is 5.70. The molecule has 0 bridgehead atoms. The van der Waals surface area contributed by atoms with Gasteiger partial charge in [-0.15, -0.1) is 0 Å². The number of benzene rings is 1. The summed E-state index contributed by atoms with van der Waals surface area (Å²) in [6.45, 7) is 0.481. The zero-order valence-electron chi connectivity index (χ0n) is 12.2. The molecular formula is C17H21NO3. The number of carbonyl (C=O) groups is 1. The second kappa shape index (κ2) is 8.15. The number of methoxy groups -OCH3 is 1. The summed E-state index contributed by atoms with van der Waals surface area (Å²) in [6, 6.07) is 6.89. The van der Waals surface area contributed by atoms with E-state index in [9.17, 15) is 4.79 Å². The average molecular weight is 287 g/mol. The Morgan fingerprint density at radius 3 is 2.71 bits per heavy atom. The van der Waals surface area contributed by atoms with Gasteiger partial charge in [0.25, 0.3) is 0 Å². The van der Waals surface area contributed by atoms with Crippen LogP contribution in [-0.2, 0) is 0 Å². The van der Waals surface area contributed by atoms with Gasteiger partial charge in [-0.3, -0.25) is 0 Å². The molecule has 1 aromatic carbocycles. The number of hydrogen-bond donors (Lipinski definition) is 1. The van der Waals surface area contributed by atoms with Gasteiger partial charge in [0, 0.05) is 6.54 Å². The minimum atomic E-state index is -0.451. The van der Waals surface area contributed by atoms with Crippen LogP contribution in [0.1, 0.15) is 19.3 Å². The van der Waals surface area contributed by atoms with Crippen molar-refractivity contribution in [2.24, 2.45) is 5.92 Å². The van der Waals surface area contributed by atoms with Crippen molar-refractivity contribution in [3.8, 4) is 11.5 Å². The lowest BCUT2D eigenvalue weighted by Crippen LogP contribution is -2.26. The molecule has 0 radical (unpaired) electrons. The highest BCUT2D eigenvalue weighted by atomic mass is 16.6. The Morgan fingerprint density at radius 2 is 2.05 bits per heavy atom. The molecule has 0 saturated carbocycles. The van der Waals surface area contributed by atoms with Crippen LogP contribution in [0.3, 0.4) is 0 Å². The smallest absolute Gasteiger partial charge is 0.412 e. The molecule has 4 heteroatoms. The molecule has 21 heavy (non-hydrogen) atoms. The fraction of sp³-hybridized carbons (Fsp3) is 0.353. The van der Waals surface area contributed by atoms with Gasteiger partial charge in [-0.1, -0.05) is 24.3 Å². The third kappa shape index (κ3) is 5.34. The van der Waals surface area contributed by atoms with E-state index in [2.05, 4.69) is 23.5 Å². The minimum Gasteiger partial charge on any atom is -0.497 e. The molecule has 0 heterocycles. The predicted molar refractivity (Wildman–Crippen MR) is 82.6 cm³/mol. The second-order valence-corrected chi connectivity index (χ2v) is 4.92. The Labute approximate surface area is 125 Å². The number of nitrogens with one attached hydrogen (secondary N) is 1. The van der Waals surface area contributed by atoms with E-state index < -0.39 is 6.09 Å². The SMILES string of the molecule is COc1ccc(OC(=O)NC/C=C/C2CC=CCC2)cc1. The molecule has 0 fully saturated rings. The van der Waals surface area contributed by atoms with Gasteiger partial charge < -0.3 is 14.8 Å². The molecule has 1 atom stereocenters. The summed E-state index contributed by atoms with van der Waals surface area (Å²) in [5.74, 6) is 1.82. The van der Waals surface area contributed by atoms with Crippen LogP contribution in [0.2, 0.25) is 0 Å². The third-order valence-electron chi connectivity index (χ3n) is 3.35. The molecule has 1 aliphatic rings. The van der Waals surface area contributed by atoms with Crippen LogP contribution < -0.4 is 14.8 Å². The van der Waals surface area contributed by atoms with Crippen molar-refractivity contribution in [3.05, 3.63) is 48.6 Å². The van der Waals surface area contributed by atoms with E-state index in [1.54, 1.807) is 31.4 Å². The van der Waals surface area contributed by atoms with Crippen LogP contribution in [0.25, 0.3) is 0 Å². The van der Waals surface area contributed by atoms with Gasteiger partial charge in [0.1, 0.15) is 11.5 Å². The predicted octanol–water partition coefficient (Wildman–Crippen LogP) is 3.70. The number of rotatable bonds is 5. The number of carbonyl (C=O) groups excluding carboxylic acids is 1. The van der Waals surface area contributed by atoms with Gasteiger partial charge in [-0.25, -0.2) is 4.79 Å². The lowest BCUT2D eigenvalue weighted by atomic mass is 9.94. The molecule has 1 amide bonds. The lowest BCUT2D eigenvalue weighted by Gasteiger charge is -2.12. The maximum atomic E-state index is 11.6. The molecule has 1 aliphatic carbocycles. The van der Waals surface area contributed by atoms with Crippen molar-refractivity contribution in [2.75, 3.05) is 13.7 Å². The van der Waals surface area contributed by atoms with E-state index in [-0.39, 0.29) is 0 Å². The van der Waals surface area contributed by atoms with Crippen LogP contribution in [0.15, 0.2) is 48.6 Å². The Bertz CT molecular complexity index is 505. The van der Waals surface area contributed by atoms with Gasteiger partial charge in [0.15, 0.2) is 0 Å². The van der Waals surface area contributed by atoms with Crippen LogP contribution in [0, 0.1) is 5.92 Å². The molecule has 0 aliphatic heterocycles. The standard InChI is InChI=1S/C17H21NO3/c1-20-15-9-11-16(12-10-15)21-17(19)18-13-5-8-14-6-3-2-4-7-14/h2-3,5,8-12,14H,4,6-7,13H2,1H3,(H,18,19)/b8-5+. The minimum absolute atomic E-state index is 0.451. The van der Waals surface area contributed by atoms with Crippen molar-refractivity contribution < 1.29 is 14.3 Å². The molecule has 4 nitrogen and oxygen atoms in total. The molecule has 1 N–H and O–H groups in total. The summed E-state index contributed by atoms with van der Waals surface area (Å²) in [5.41, 5.74) is 0. The quantitative estimate of drug-likeness (QED) is 0.840. The number of ether oxygens (including phenoxy) is 2. The molecule has 1 unspecified atom stereocenters. The monoisotopic (exact) mass is 287 g/mol. The molecule has 0 spiro atoms. The average Bonchev–Trinajstić information content (AvgIpc) is 2.53. The van der Waals surface area contributed by atoms with E-state index >= 15 is 0 Å². The molecule has 112 valence electrons. The molecule has 1 aromatic rings. The molecule has 2 rings (SSSR count). The number of hydrogen-bond acceptors (Lipinski definition) is 3. The highest BCUT2D eigenvalue weighted by Gasteiger charge is 2.06. The Morgan fingerprint density at radius 1 is 1.29 bits per heavy atom. The largest absolute Gasteiger partial charge is 0.497 e. The van der Waals surface area contributed by atoms with Crippen molar-refractivity contribution >= 4 is 6.09 Å². The zero-order valence-corrected chi connectivity index (χ0v) is 12.2. The fourth-order valence-electron chi connectivity index (χ4n) is 2.18. The molecular weight excluding hydrogens is 266 g/mol. The van der Waals surface area contributed by atoms with E-state index in [0.717, 1.165) is 18.6 Å². The summed E-state index contributed by atoms with van der Waals surface area (Å²) in [6.07, 6.45) is 11.5. The van der Waals surface area contributed by atoms with Crippen LogP contribution in [-0.4, -0.2) is 19.7 Å². The zero-order chi connectivity index (χ0) is 14.9. The maximum Gasteiger partial charge on any atom is 0.412 e. The molecule has 0 saturated heterocycles. The summed E-state index contributed by atoms with van der Waals surface area (Å²) in [7, 11) is 1.59. The first-order valence-corrected chi connectivity index (χ1v) is 7.19. The van der Waals surface area contributed by atoms with E-state index in [4.69, 9.17) is 9.47 Å². The van der Waals surface area contributed by atoms with Gasteiger partial charge in [-0.05, 0) is 49.4 Å². The fourth-order valence-corrected chi connectivity index (χ4v) is 2.18. The van der Waals surface area contributed by atoms with Crippen LogP contribution >= 0.6 is 0 Å². The summed E-state index contributed by atoms with van der Waals surface area (Å²) in [4.78, 5) is 11.6. The van der Waals surface area contributed by atoms with Crippen LogP contribution in [0.4, 0.5) is 4.79 Å². The topological polar surface area (TPSA) is 47.6 Å². The third-order valence-corrected chi connectivity index (χ3v) is 3.35. The first-order valence-electron chi connectivity index (χ1n) is 7.19. The Kier molecular flexibility index (Phi) is 5.88. The first kappa shape index (κ1) is 15.2. The van der Waals surface area contributed by atoms with Crippen molar-refractivity contribution in [2.45, 2.75) is 19.3 Å². The highest BCUT2D eigenvalue weighted by Crippen LogP contribution is 2.19. The van der Waals surface area contributed by atoms with Gasteiger partial charge in [-0.2, -0.15) is 0 Å². The summed E-state index contributed by atoms with van der Waals surface area (Å²) >= 11 is 0. The van der Waals surface area contributed by atoms with E-state index in [1.165, 1.54) is 6.42 Å². The lowest BCUT2D eigenvalue weighted by molar-refractivity contribution is 0.201. The van der Waals surface area contributed by atoms with Crippen LogP contribution in [0.5, 0.6) is 11.5 Å². The number of allylic oxidation sites excluding steroid dienone is 3. The maximum absolute atomic E-state index is 11.6. The summed E-state index contributed by atoms with van der Waals surface area (Å²) in [5, 5.41) is 2.70. The first-order chi connectivity index (χ1) is 10.3. The Hall–Kier alpha value is -2.23. The van der Waals surface area contributed by atoms with Gasteiger partial charge in [0.05, 0.1) is 7.11 Å². The van der Waals surface area contributed by atoms with E-state index in [0.29, 0.717) is 18.2 Å². The molecule has 0 aromatic heterocycles. The second-order valence-electron chi connectivity index (χ2n) is 4.92. The summed E-state index contributed by atoms with van der Waals surface area (Å²) < 4.78 is 10.2. The van der Waals surface area contributed by atoms with Crippen molar-refractivity contribution in [1.82, 2.24) is 5.32 Å². The Balaban J connectivity index is 1.69. The van der Waals surface area contributed by atoms with Gasteiger partial charge >= 0.3 is 6.09 Å². The number of amides is 1. The van der Waals surface area contributed by atoms with Crippen molar-refractivity contribution in [1.29, 1.82) is 0 Å².